The van der Waals surface area contributed by atoms with Crippen LogP contribution in [0.5, 0.6) is 0 Å². The summed E-state index contributed by atoms with van der Waals surface area (Å²) >= 11 is 0. The molecule has 0 radical (unpaired) electrons. The van der Waals surface area contributed by atoms with Crippen LogP contribution in [0.3, 0.4) is 0 Å². The number of hydrogen-bond acceptors (Lipinski definition) is 6. The smallest absolute Gasteiger partial charge is 0.243 e. The predicted molar refractivity (Wildman–Crippen MR) is 136 cm³/mol. The van der Waals surface area contributed by atoms with Crippen LogP contribution in [0.15, 0.2) is 55.0 Å². The molecule has 12 heteroatoms. The third-order valence-corrected chi connectivity index (χ3v) is 5.96. The van der Waals surface area contributed by atoms with Gasteiger partial charge in [-0.2, -0.15) is 10.2 Å². The summed E-state index contributed by atoms with van der Waals surface area (Å²) in [5, 5.41) is 8.67. The zero-order valence-electron chi connectivity index (χ0n) is 20.4. The highest BCUT2D eigenvalue weighted by Crippen LogP contribution is 2.30. The van der Waals surface area contributed by atoms with E-state index in [1.165, 1.54) is 38.5 Å². The fourth-order valence-corrected chi connectivity index (χ4v) is 4.00. The van der Waals surface area contributed by atoms with Gasteiger partial charge in [0.15, 0.2) is 17.3 Å². The maximum atomic E-state index is 15.0. The molecule has 2 N–H and O–H groups in total. The van der Waals surface area contributed by atoms with Crippen LogP contribution < -0.4 is 5.73 Å². The van der Waals surface area contributed by atoms with Crippen LogP contribution >= 0.6 is 0 Å². The number of nitrogens with two attached hydrogens (primary N) is 1. The normalized spacial score (nSPS) is 11.0. The molecule has 3 heterocycles. The Morgan fingerprint density at radius 2 is 1.87 bits per heavy atom. The summed E-state index contributed by atoms with van der Waals surface area (Å²) in [5.74, 6) is -1.01. The Bertz CT molecular complexity index is 1730. The van der Waals surface area contributed by atoms with Crippen molar-refractivity contribution in [3.8, 4) is 22.4 Å². The van der Waals surface area contributed by atoms with Crippen LogP contribution in [0.25, 0.3) is 32.9 Å². The lowest BCUT2D eigenvalue weighted by Gasteiger charge is -2.10. The molecule has 0 spiro atoms. The zero-order chi connectivity index (χ0) is 27.0. The maximum absolute atomic E-state index is 15.0. The summed E-state index contributed by atoms with van der Waals surface area (Å²) in [4.78, 5) is 25.3. The van der Waals surface area contributed by atoms with Crippen molar-refractivity contribution in [1.29, 1.82) is 0 Å². The summed E-state index contributed by atoms with van der Waals surface area (Å²) in [6, 6.07) is 9.11. The summed E-state index contributed by atoms with van der Waals surface area (Å²) in [5.41, 5.74) is 8.04. The highest BCUT2D eigenvalue weighted by molar-refractivity contribution is 5.75. The van der Waals surface area contributed by atoms with Crippen molar-refractivity contribution < 1.29 is 13.6 Å². The van der Waals surface area contributed by atoms with Gasteiger partial charge in [-0.15, -0.1) is 0 Å². The van der Waals surface area contributed by atoms with Gasteiger partial charge in [-0.3, -0.25) is 9.48 Å². The highest BCUT2D eigenvalue weighted by atomic mass is 19.1. The molecule has 5 rings (SSSR count). The Labute approximate surface area is 215 Å². The molecule has 3 aromatic heterocycles. The first-order valence-corrected chi connectivity index (χ1v) is 11.4. The van der Waals surface area contributed by atoms with E-state index in [9.17, 15) is 9.18 Å². The lowest BCUT2D eigenvalue weighted by Crippen LogP contribution is -2.26. The lowest BCUT2D eigenvalue weighted by atomic mass is 9.99. The number of benzene rings is 2. The number of anilines is 1. The number of fused-ring (bicyclic) bond motifs is 1. The molecule has 0 aliphatic rings. The van der Waals surface area contributed by atoms with E-state index in [0.717, 1.165) is 0 Å². The van der Waals surface area contributed by atoms with Crippen LogP contribution in [0.1, 0.15) is 11.4 Å². The minimum Gasteiger partial charge on any atom is -0.381 e. The quantitative estimate of drug-likeness (QED) is 0.346. The number of carbonyl (C=O) groups excluding carboxylic acids is 1. The van der Waals surface area contributed by atoms with Gasteiger partial charge in [0.1, 0.15) is 18.2 Å². The first-order valence-electron chi connectivity index (χ1n) is 11.4. The Morgan fingerprint density at radius 1 is 1.11 bits per heavy atom. The van der Waals surface area contributed by atoms with Crippen LogP contribution in [0.4, 0.5) is 20.3 Å². The molecule has 10 nitrogen and oxygen atoms in total. The molecular weight excluding hydrogens is 492 g/mol. The first-order chi connectivity index (χ1) is 18.2. The number of likely N-dealkylation sites (N-methyl/N-ethyl adjacent to an activating group) is 1. The third kappa shape index (κ3) is 4.53. The van der Waals surface area contributed by atoms with Crippen LogP contribution in [-0.2, 0) is 17.8 Å². The molecule has 0 atom stereocenters. The number of carbonyl (C=O) groups is 1. The van der Waals surface area contributed by atoms with Crippen molar-refractivity contribution >= 4 is 23.1 Å². The molecule has 0 fully saturated rings. The van der Waals surface area contributed by atoms with Crippen molar-refractivity contribution in [3.05, 3.63) is 89.4 Å². The Balaban J connectivity index is 1.50. The summed E-state index contributed by atoms with van der Waals surface area (Å²) in [6.45, 7) is 7.19. The monoisotopic (exact) mass is 513 g/mol. The number of hydrogen-bond donors (Lipinski definition) is 1. The SMILES string of the molecule is [C-]#[N+]c1cccc(-c2cn3nc(Cc4c(F)cccc4-c4cnn(CC(=O)N(C)C)c4)nc3c(N)n2)c1F. The molecule has 38 heavy (non-hydrogen) atoms. The standard InChI is InChI=1S/C26H21F2N9O/c1-30-20-9-5-7-17(24(20)28)21-13-37-26(25(29)32-21)33-22(34-37)10-18-16(6-4-8-19(18)27)15-11-31-36(12-15)14-23(38)35(2)3/h4-9,11-13H,10,14H2,2-3H3,(H2,29,32). The predicted octanol–water partition coefficient (Wildman–Crippen LogP) is 3.74. The van der Waals surface area contributed by atoms with E-state index in [1.807, 2.05) is 0 Å². The van der Waals surface area contributed by atoms with Gasteiger partial charge in [0, 0.05) is 43.4 Å². The molecule has 2 aromatic carbocycles. The van der Waals surface area contributed by atoms with Gasteiger partial charge in [-0.05, 0) is 11.6 Å². The third-order valence-electron chi connectivity index (χ3n) is 5.96. The number of aromatic nitrogens is 6. The molecule has 0 aliphatic heterocycles. The molecule has 0 unspecified atom stereocenters. The average Bonchev–Trinajstić information content (AvgIpc) is 3.52. The first kappa shape index (κ1) is 24.5. The van der Waals surface area contributed by atoms with Gasteiger partial charge in [0.25, 0.3) is 0 Å². The Hall–Kier alpha value is -5.18. The fourth-order valence-electron chi connectivity index (χ4n) is 4.00. The Morgan fingerprint density at radius 3 is 2.63 bits per heavy atom. The average molecular weight is 514 g/mol. The Kier molecular flexibility index (Phi) is 6.26. The van der Waals surface area contributed by atoms with E-state index in [1.54, 1.807) is 44.7 Å². The highest BCUT2D eigenvalue weighted by Gasteiger charge is 2.19. The van der Waals surface area contributed by atoms with Crippen molar-refractivity contribution in [2.24, 2.45) is 0 Å². The molecule has 0 saturated carbocycles. The van der Waals surface area contributed by atoms with Gasteiger partial charge in [-0.25, -0.2) is 28.1 Å². The second-order valence-corrected chi connectivity index (χ2v) is 8.72. The summed E-state index contributed by atoms with van der Waals surface area (Å²) in [7, 11) is 3.32. The van der Waals surface area contributed by atoms with E-state index >= 15 is 4.39 Å². The van der Waals surface area contributed by atoms with Gasteiger partial charge in [0.05, 0.1) is 24.7 Å². The second-order valence-electron chi connectivity index (χ2n) is 8.72. The zero-order valence-corrected chi connectivity index (χ0v) is 20.4. The van der Waals surface area contributed by atoms with E-state index in [0.29, 0.717) is 16.7 Å². The van der Waals surface area contributed by atoms with Crippen molar-refractivity contribution in [3.63, 3.8) is 0 Å². The van der Waals surface area contributed by atoms with Crippen LogP contribution in [0.2, 0.25) is 0 Å². The van der Waals surface area contributed by atoms with Gasteiger partial charge in [-0.1, -0.05) is 30.3 Å². The number of nitrogen functional groups attached to an aromatic ring is 1. The van der Waals surface area contributed by atoms with Crippen molar-refractivity contribution in [2.75, 3.05) is 19.8 Å². The molecule has 0 bridgehead atoms. The van der Waals surface area contributed by atoms with E-state index < -0.39 is 11.6 Å². The topological polar surface area (TPSA) is 112 Å². The minimum absolute atomic E-state index is 0.00876. The summed E-state index contributed by atoms with van der Waals surface area (Å²) in [6.07, 6.45) is 4.74. The molecule has 0 saturated heterocycles. The molecule has 1 amide bonds. The van der Waals surface area contributed by atoms with E-state index in [2.05, 4.69) is 25.0 Å². The number of amides is 1. The summed E-state index contributed by atoms with van der Waals surface area (Å²) < 4.78 is 32.6. The van der Waals surface area contributed by atoms with Crippen molar-refractivity contribution in [2.45, 2.75) is 13.0 Å². The molecule has 0 aliphatic carbocycles. The number of nitrogens with zero attached hydrogens (tertiary/aromatic N) is 8. The largest absolute Gasteiger partial charge is 0.381 e. The van der Waals surface area contributed by atoms with E-state index in [-0.39, 0.29) is 53.1 Å². The minimum atomic E-state index is -0.710. The molecule has 190 valence electrons. The maximum Gasteiger partial charge on any atom is 0.243 e. The molecule has 5 aromatic rings. The second kappa shape index (κ2) is 9.70. The van der Waals surface area contributed by atoms with E-state index in [4.69, 9.17) is 12.3 Å². The van der Waals surface area contributed by atoms with Crippen molar-refractivity contribution in [1.82, 2.24) is 34.3 Å². The van der Waals surface area contributed by atoms with Gasteiger partial charge in [0.2, 0.25) is 11.6 Å². The fraction of sp³-hybridized carbons (Fsp3) is 0.154. The number of rotatable bonds is 6. The van der Waals surface area contributed by atoms with Crippen LogP contribution in [0, 0.1) is 18.2 Å². The van der Waals surface area contributed by atoms with Crippen LogP contribution in [-0.4, -0.2) is 54.3 Å². The van der Waals surface area contributed by atoms with Gasteiger partial charge >= 0.3 is 0 Å². The lowest BCUT2D eigenvalue weighted by molar-refractivity contribution is -0.129. The van der Waals surface area contributed by atoms with Gasteiger partial charge < -0.3 is 10.6 Å². The number of halogens is 2. The molecular formula is C26H21F2N9O.